The van der Waals surface area contributed by atoms with Crippen molar-refractivity contribution >= 4 is 22.4 Å². The van der Waals surface area contributed by atoms with Gasteiger partial charge >= 0.3 is 6.18 Å². The summed E-state index contributed by atoms with van der Waals surface area (Å²) in [5.41, 5.74) is 1.20. The monoisotopic (exact) mass is 361 g/mol. The number of ketones is 1. The molecule has 1 aromatic heterocycles. The lowest BCUT2D eigenvalue weighted by atomic mass is 10.1. The zero-order chi connectivity index (χ0) is 18.9. The largest absolute Gasteiger partial charge is 0.454 e. The fraction of sp³-hybridized carbons (Fsp3) is 0.211. The summed E-state index contributed by atoms with van der Waals surface area (Å²) in [7, 11) is 0. The van der Waals surface area contributed by atoms with Gasteiger partial charge in [-0.15, -0.1) is 0 Å². The molecule has 2 aromatic carbocycles. The number of fused-ring (bicyclic) bond motifs is 1. The van der Waals surface area contributed by atoms with Crippen molar-refractivity contribution in [3.8, 4) is 0 Å². The summed E-state index contributed by atoms with van der Waals surface area (Å²) in [6.45, 7) is 2.18. The second-order valence-electron chi connectivity index (χ2n) is 5.88. The number of carbonyl (C=O) groups excluding carboxylic acids is 1. The molecule has 134 valence electrons. The van der Waals surface area contributed by atoms with Crippen LogP contribution in [0.3, 0.4) is 0 Å². The highest BCUT2D eigenvalue weighted by Gasteiger charge is 2.41. The lowest BCUT2D eigenvalue weighted by Gasteiger charge is -2.05. The van der Waals surface area contributed by atoms with Gasteiger partial charge in [0, 0.05) is 39.9 Å². The third-order valence-corrected chi connectivity index (χ3v) is 4.14. The minimum Gasteiger partial charge on any atom is -0.342 e. The molecule has 0 N–H and O–H groups in total. The predicted molar refractivity (Wildman–Crippen MR) is 91.7 cm³/mol. The number of nitroso groups, excluding NO2 is 1. The number of hydrogen-bond acceptors (Lipinski definition) is 2. The molecule has 1 heterocycles. The molecule has 0 unspecified atom stereocenters. The molecule has 3 rings (SSSR count). The van der Waals surface area contributed by atoms with Crippen LogP contribution in [-0.4, -0.2) is 27.8 Å². The fourth-order valence-corrected chi connectivity index (χ4v) is 2.86. The second-order valence-corrected chi connectivity index (χ2v) is 5.88. The normalized spacial score (nSPS) is 11.7. The molecular weight excluding hydrogens is 345 g/mol. The molecule has 0 saturated heterocycles. The number of Topliss-reactive ketones (excluding diaryl/α,β-unsaturated/α-hetero) is 1. The number of alkyl halides is 3. The Morgan fingerprint density at radius 2 is 1.81 bits per heavy atom. The van der Waals surface area contributed by atoms with Gasteiger partial charge in [-0.1, -0.05) is 30.3 Å². The summed E-state index contributed by atoms with van der Waals surface area (Å²) < 4.78 is 41.1. The zero-order valence-corrected chi connectivity index (χ0v) is 14.0. The van der Waals surface area contributed by atoms with E-state index in [0.29, 0.717) is 11.2 Å². The summed E-state index contributed by atoms with van der Waals surface area (Å²) >= 11 is 0. The van der Waals surface area contributed by atoms with Crippen molar-refractivity contribution in [2.45, 2.75) is 19.6 Å². The first kappa shape index (κ1) is 17.8. The van der Waals surface area contributed by atoms with Crippen LogP contribution in [-0.2, 0) is 6.54 Å². The molecule has 4 nitrogen and oxygen atoms in total. The van der Waals surface area contributed by atoms with Crippen LogP contribution >= 0.6 is 0 Å². The molecule has 0 bridgehead atoms. The van der Waals surface area contributed by atoms with E-state index in [0.717, 1.165) is 10.3 Å². The Morgan fingerprint density at radius 1 is 1.12 bits per heavy atom. The van der Waals surface area contributed by atoms with Gasteiger partial charge in [0.2, 0.25) is 0 Å². The maximum atomic E-state index is 12.9. The van der Waals surface area contributed by atoms with Crippen molar-refractivity contribution in [3.05, 3.63) is 70.8 Å². The zero-order valence-electron chi connectivity index (χ0n) is 14.0. The number of halogens is 3. The Bertz CT molecular complexity index is 976. The Hall–Kier alpha value is -2.96. The Balaban J connectivity index is 2.17. The van der Waals surface area contributed by atoms with Crippen molar-refractivity contribution in [1.29, 1.82) is 0 Å². The predicted octanol–water partition coefficient (Wildman–Crippen LogP) is 4.86. The molecule has 0 saturated carbocycles. The van der Waals surface area contributed by atoms with E-state index >= 15 is 0 Å². The van der Waals surface area contributed by atoms with E-state index in [1.807, 2.05) is 30.3 Å². The van der Waals surface area contributed by atoms with Crippen LogP contribution in [0.5, 0.6) is 0 Å². The number of rotatable bonds is 5. The number of hydrogen-bond donors (Lipinski definition) is 0. The summed E-state index contributed by atoms with van der Waals surface area (Å²) in [5, 5.41) is 0.177. The molecule has 7 heteroatoms. The molecule has 3 aromatic rings. The van der Waals surface area contributed by atoms with Crippen molar-refractivity contribution in [2.24, 2.45) is 0 Å². The van der Waals surface area contributed by atoms with Gasteiger partial charge in [0.05, 0.1) is 11.1 Å². The van der Waals surface area contributed by atoms with Crippen LogP contribution in [0, 0.1) is 4.91 Å². The van der Waals surface area contributed by atoms with Crippen LogP contribution < -0.4 is 0 Å². The number of nitrogens with zero attached hydrogens (tertiary/aromatic N) is 2. The van der Waals surface area contributed by atoms with E-state index in [1.54, 1.807) is 11.5 Å². The lowest BCUT2D eigenvalue weighted by molar-refractivity contribution is -0.458. The van der Waals surface area contributed by atoms with Crippen LogP contribution in [0.4, 0.5) is 18.9 Å². The maximum Gasteiger partial charge on any atom is 0.454 e. The molecule has 0 atom stereocenters. The molecule has 0 amide bonds. The molecule has 26 heavy (non-hydrogen) atoms. The summed E-state index contributed by atoms with van der Waals surface area (Å²) in [6.07, 6.45) is -3.75. The van der Waals surface area contributed by atoms with Crippen LogP contribution in [0.2, 0.25) is 0 Å². The van der Waals surface area contributed by atoms with Gasteiger partial charge in [-0.2, -0.15) is 13.2 Å². The van der Waals surface area contributed by atoms with E-state index in [-0.39, 0.29) is 18.5 Å². The minimum absolute atomic E-state index is 0.177. The average molecular weight is 361 g/mol. The van der Waals surface area contributed by atoms with Crippen LogP contribution in [0.1, 0.15) is 22.8 Å². The molecule has 0 aliphatic rings. The molecular formula is C19H16F3N2O2+. The van der Waals surface area contributed by atoms with Crippen molar-refractivity contribution < 1.29 is 22.7 Å². The maximum absolute atomic E-state index is 12.9. The second kappa shape index (κ2) is 6.74. The van der Waals surface area contributed by atoms with Crippen molar-refractivity contribution in [3.63, 3.8) is 0 Å². The van der Waals surface area contributed by atoms with Gasteiger partial charge in [0.15, 0.2) is 6.54 Å². The Labute approximate surface area is 147 Å². The smallest absolute Gasteiger partial charge is 0.342 e. The summed E-state index contributed by atoms with van der Waals surface area (Å²) in [4.78, 5) is 23.7. The van der Waals surface area contributed by atoms with Gasteiger partial charge in [0.25, 0.3) is 11.5 Å². The van der Waals surface area contributed by atoms with Gasteiger partial charge in [-0.3, -0.25) is 4.79 Å². The molecule has 0 fully saturated rings. The van der Waals surface area contributed by atoms with Crippen LogP contribution in [0.15, 0.2) is 54.7 Å². The highest BCUT2D eigenvalue weighted by molar-refractivity contribution is 6.11. The SMILES string of the molecule is CC[N+](=O)c1ccc2c(C(=O)C(F)(F)F)cn(Cc3ccccc3)c2c1. The number of benzene rings is 2. The molecule has 0 radical (unpaired) electrons. The lowest BCUT2D eigenvalue weighted by Crippen LogP contribution is -2.22. The van der Waals surface area contributed by atoms with Gasteiger partial charge < -0.3 is 4.57 Å². The standard InChI is InChI=1S/C19H16F3N2O2/c1-2-24(26)14-8-9-15-16(18(25)19(20,21)22)12-23(17(15)10-14)11-13-6-4-3-5-7-13/h3-10,12H,2,11H2,1H3/q+1. The first-order valence-electron chi connectivity index (χ1n) is 8.04. The number of aromatic nitrogens is 1. The minimum atomic E-state index is -4.96. The average Bonchev–Trinajstić information content (AvgIpc) is 2.98. The van der Waals surface area contributed by atoms with E-state index in [2.05, 4.69) is 0 Å². The Morgan fingerprint density at radius 3 is 2.42 bits per heavy atom. The molecule has 0 aliphatic heterocycles. The van der Waals surface area contributed by atoms with E-state index in [4.69, 9.17) is 0 Å². The fourth-order valence-electron chi connectivity index (χ4n) is 2.86. The summed E-state index contributed by atoms with van der Waals surface area (Å²) in [6, 6.07) is 13.5. The van der Waals surface area contributed by atoms with Crippen molar-refractivity contribution in [1.82, 2.24) is 4.57 Å². The van der Waals surface area contributed by atoms with Gasteiger partial charge in [-0.25, -0.2) is 0 Å². The van der Waals surface area contributed by atoms with Gasteiger partial charge in [0.1, 0.15) is 0 Å². The summed E-state index contributed by atoms with van der Waals surface area (Å²) in [5.74, 6) is -1.89. The highest BCUT2D eigenvalue weighted by atomic mass is 19.4. The van der Waals surface area contributed by atoms with Crippen molar-refractivity contribution in [2.75, 3.05) is 6.54 Å². The highest BCUT2D eigenvalue weighted by Crippen LogP contribution is 2.31. The first-order valence-corrected chi connectivity index (χ1v) is 8.04. The van der Waals surface area contributed by atoms with Gasteiger partial charge in [-0.05, 0) is 18.6 Å². The topological polar surface area (TPSA) is 42.1 Å². The van der Waals surface area contributed by atoms with E-state index in [1.165, 1.54) is 24.4 Å². The van der Waals surface area contributed by atoms with E-state index in [9.17, 15) is 22.9 Å². The molecule has 0 aliphatic carbocycles. The third-order valence-electron chi connectivity index (χ3n) is 4.14. The first-order chi connectivity index (χ1) is 12.3. The Kier molecular flexibility index (Phi) is 4.63. The van der Waals surface area contributed by atoms with Crippen LogP contribution in [0.25, 0.3) is 10.9 Å². The number of carbonyl (C=O) groups is 1. The third kappa shape index (κ3) is 3.37. The quantitative estimate of drug-likeness (QED) is 0.481. The molecule has 0 spiro atoms. The van der Waals surface area contributed by atoms with E-state index < -0.39 is 17.5 Å².